The zero-order chi connectivity index (χ0) is 26.6. The van der Waals surface area contributed by atoms with Crippen molar-refractivity contribution in [3.05, 3.63) is 107 Å². The second-order valence-corrected chi connectivity index (χ2v) is 11.8. The molecule has 4 aliphatic rings. The van der Waals surface area contributed by atoms with E-state index in [0.29, 0.717) is 18.5 Å². The van der Waals surface area contributed by atoms with Crippen molar-refractivity contribution < 1.29 is 14.6 Å². The van der Waals surface area contributed by atoms with Crippen LogP contribution in [0.2, 0.25) is 0 Å². The number of carbonyl (C=O) groups is 1. The van der Waals surface area contributed by atoms with E-state index in [9.17, 15) is 9.90 Å². The van der Waals surface area contributed by atoms with Crippen LogP contribution in [0, 0.1) is 5.92 Å². The SMILES string of the molecule is CN(C(=O)C=Cc1ccccc1)[C@H]1CC[C@H]2[C@H]3Cc4cccc5c4[C@@]2(CCN3CC(O)c2ccccc2)[C@H]1O5. The lowest BCUT2D eigenvalue weighted by Gasteiger charge is -2.60. The van der Waals surface area contributed by atoms with Crippen LogP contribution in [-0.4, -0.2) is 59.1 Å². The van der Waals surface area contributed by atoms with Crippen LogP contribution in [0.25, 0.3) is 6.08 Å². The molecule has 3 aromatic rings. The number of hydrogen-bond donors (Lipinski definition) is 1. The lowest BCUT2D eigenvalue weighted by atomic mass is 9.51. The Balaban J connectivity index is 1.18. The minimum absolute atomic E-state index is 0.0225. The van der Waals surface area contributed by atoms with Crippen LogP contribution < -0.4 is 4.74 Å². The first-order valence-corrected chi connectivity index (χ1v) is 14.3. The van der Waals surface area contributed by atoms with Gasteiger partial charge in [-0.05, 0) is 67.0 Å². The number of nitrogens with zero attached hydrogens (tertiary/aromatic N) is 2. The molecule has 3 aromatic carbocycles. The van der Waals surface area contributed by atoms with E-state index in [1.165, 1.54) is 11.1 Å². The second kappa shape index (κ2) is 9.65. The number of amides is 1. The van der Waals surface area contributed by atoms with Gasteiger partial charge in [0, 0.05) is 36.7 Å². The number of β-amino-alcohol motifs (C(OH)–C–C–N with tert-alkyl or cyclic N) is 1. The van der Waals surface area contributed by atoms with Crippen molar-refractivity contribution >= 4 is 12.0 Å². The number of rotatable bonds is 6. The smallest absolute Gasteiger partial charge is 0.246 e. The Hall–Kier alpha value is -3.41. The summed E-state index contributed by atoms with van der Waals surface area (Å²) in [7, 11) is 1.94. The van der Waals surface area contributed by atoms with Gasteiger partial charge in [-0.3, -0.25) is 9.69 Å². The van der Waals surface area contributed by atoms with Crippen LogP contribution in [0.3, 0.4) is 0 Å². The quantitative estimate of drug-likeness (QED) is 0.465. The summed E-state index contributed by atoms with van der Waals surface area (Å²) in [4.78, 5) is 17.8. The molecule has 0 radical (unpaired) electrons. The molecule has 1 saturated carbocycles. The molecule has 5 nitrogen and oxygen atoms in total. The number of aliphatic hydroxyl groups is 1. The lowest BCUT2D eigenvalue weighted by molar-refractivity contribution is -0.135. The van der Waals surface area contributed by atoms with Crippen LogP contribution in [0.5, 0.6) is 5.75 Å². The average molecular weight is 521 g/mol. The molecule has 1 N–H and O–H groups in total. The van der Waals surface area contributed by atoms with Crippen molar-refractivity contribution in [1.82, 2.24) is 9.80 Å². The highest BCUT2D eigenvalue weighted by Gasteiger charge is 2.65. The highest BCUT2D eigenvalue weighted by molar-refractivity contribution is 5.92. The number of likely N-dealkylation sites (N-methyl/N-ethyl adjacent to an activating group) is 1. The topological polar surface area (TPSA) is 53.0 Å². The van der Waals surface area contributed by atoms with E-state index >= 15 is 0 Å². The van der Waals surface area contributed by atoms with Gasteiger partial charge in [-0.2, -0.15) is 0 Å². The summed E-state index contributed by atoms with van der Waals surface area (Å²) in [5.41, 5.74) is 4.71. The maximum atomic E-state index is 13.4. The Morgan fingerprint density at radius 3 is 2.64 bits per heavy atom. The highest BCUT2D eigenvalue weighted by Crippen LogP contribution is 2.62. The van der Waals surface area contributed by atoms with E-state index in [1.807, 2.05) is 78.7 Å². The molecule has 2 bridgehead atoms. The number of hydrogen-bond acceptors (Lipinski definition) is 4. The summed E-state index contributed by atoms with van der Waals surface area (Å²) in [5.74, 6) is 1.50. The summed E-state index contributed by atoms with van der Waals surface area (Å²) in [6.45, 7) is 1.57. The van der Waals surface area contributed by atoms with E-state index in [0.717, 1.165) is 49.1 Å². The number of carbonyl (C=O) groups excluding carboxylic acids is 1. The lowest BCUT2D eigenvalue weighted by Crippen LogP contribution is -2.69. The van der Waals surface area contributed by atoms with Crippen LogP contribution in [0.1, 0.15) is 47.6 Å². The Labute approximate surface area is 230 Å². The van der Waals surface area contributed by atoms with Crippen molar-refractivity contribution in [3.63, 3.8) is 0 Å². The normalized spacial score (nSPS) is 29.5. The molecule has 5 heteroatoms. The summed E-state index contributed by atoms with van der Waals surface area (Å²) < 4.78 is 6.83. The minimum atomic E-state index is -0.500. The van der Waals surface area contributed by atoms with Crippen molar-refractivity contribution in [2.24, 2.45) is 5.92 Å². The molecule has 0 aromatic heterocycles. The van der Waals surface area contributed by atoms with E-state index < -0.39 is 6.10 Å². The zero-order valence-corrected chi connectivity index (χ0v) is 22.4. The summed E-state index contributed by atoms with van der Waals surface area (Å²) in [5, 5.41) is 11.1. The fraction of sp³-hybridized carbons (Fsp3) is 0.382. The number of piperidine rings is 1. The maximum Gasteiger partial charge on any atom is 0.246 e. The summed E-state index contributed by atoms with van der Waals surface area (Å²) in [6.07, 6.45) is 7.02. The van der Waals surface area contributed by atoms with Gasteiger partial charge in [0.05, 0.1) is 12.1 Å². The van der Waals surface area contributed by atoms with E-state index in [2.05, 4.69) is 23.1 Å². The molecule has 6 atom stereocenters. The summed E-state index contributed by atoms with van der Waals surface area (Å²) >= 11 is 0. The molecule has 1 amide bonds. The summed E-state index contributed by atoms with van der Waals surface area (Å²) in [6, 6.07) is 26.9. The van der Waals surface area contributed by atoms with E-state index in [-0.39, 0.29) is 23.5 Å². The Bertz CT molecular complexity index is 1390. The fourth-order valence-corrected chi connectivity index (χ4v) is 8.21. The van der Waals surface area contributed by atoms with Crippen LogP contribution in [0.15, 0.2) is 84.9 Å². The van der Waals surface area contributed by atoms with E-state index in [1.54, 1.807) is 6.08 Å². The van der Waals surface area contributed by atoms with Gasteiger partial charge in [0.25, 0.3) is 0 Å². The minimum Gasteiger partial charge on any atom is -0.487 e. The molecule has 7 rings (SSSR count). The molecule has 2 fully saturated rings. The van der Waals surface area contributed by atoms with Crippen LogP contribution in [-0.2, 0) is 16.6 Å². The van der Waals surface area contributed by atoms with Crippen molar-refractivity contribution in [3.8, 4) is 5.75 Å². The largest absolute Gasteiger partial charge is 0.487 e. The third-order valence-electron chi connectivity index (χ3n) is 9.95. The number of ether oxygens (including phenoxy) is 1. The molecule has 1 unspecified atom stereocenters. The van der Waals surface area contributed by atoms with Crippen LogP contribution in [0.4, 0.5) is 0 Å². The fourth-order valence-electron chi connectivity index (χ4n) is 8.21. The number of aliphatic hydroxyl groups excluding tert-OH is 1. The predicted molar refractivity (Wildman–Crippen MR) is 152 cm³/mol. The third kappa shape index (κ3) is 3.94. The molecule has 2 aliphatic carbocycles. The molecule has 200 valence electrons. The van der Waals surface area contributed by atoms with Crippen LogP contribution >= 0.6 is 0 Å². The van der Waals surface area contributed by atoms with Crippen molar-refractivity contribution in [2.45, 2.75) is 55.4 Å². The maximum absolute atomic E-state index is 13.4. The monoisotopic (exact) mass is 520 g/mol. The molecule has 2 aliphatic heterocycles. The first-order valence-electron chi connectivity index (χ1n) is 14.3. The van der Waals surface area contributed by atoms with Gasteiger partial charge in [0.2, 0.25) is 5.91 Å². The van der Waals surface area contributed by atoms with Crippen molar-refractivity contribution in [2.75, 3.05) is 20.1 Å². The Kier molecular flexibility index (Phi) is 6.09. The molecule has 2 heterocycles. The van der Waals surface area contributed by atoms with Gasteiger partial charge in [-0.1, -0.05) is 72.8 Å². The molecular weight excluding hydrogens is 484 g/mol. The standard InChI is InChI=1S/C34H36N2O3/c1-35(31(38)18-15-23-9-4-2-5-10-23)27-17-16-26-28-21-25-13-8-14-30-32(25)34(26,33(27)39-30)19-20-36(28)22-29(37)24-11-6-3-7-12-24/h2-15,18,26-29,33,37H,16-17,19-22H2,1H3/t26-,27-,28+,29?,33-,34-/m0/s1. The molecule has 1 spiro atoms. The zero-order valence-electron chi connectivity index (χ0n) is 22.4. The van der Waals surface area contributed by atoms with Gasteiger partial charge in [0.1, 0.15) is 11.9 Å². The predicted octanol–water partition coefficient (Wildman–Crippen LogP) is 5.00. The number of likely N-dealkylation sites (tertiary alicyclic amines) is 1. The molecular formula is C34H36N2O3. The third-order valence-corrected chi connectivity index (χ3v) is 9.95. The Morgan fingerprint density at radius 1 is 1.08 bits per heavy atom. The first kappa shape index (κ1) is 24.6. The first-order chi connectivity index (χ1) is 19.1. The highest BCUT2D eigenvalue weighted by atomic mass is 16.5. The van der Waals surface area contributed by atoms with Gasteiger partial charge >= 0.3 is 0 Å². The second-order valence-electron chi connectivity index (χ2n) is 11.8. The average Bonchev–Trinajstić information content (AvgIpc) is 3.32. The van der Waals surface area contributed by atoms with Gasteiger partial charge in [-0.25, -0.2) is 0 Å². The van der Waals surface area contributed by atoms with Crippen molar-refractivity contribution in [1.29, 1.82) is 0 Å². The Morgan fingerprint density at radius 2 is 1.85 bits per heavy atom. The van der Waals surface area contributed by atoms with Gasteiger partial charge in [-0.15, -0.1) is 0 Å². The molecule has 39 heavy (non-hydrogen) atoms. The van der Waals surface area contributed by atoms with E-state index in [4.69, 9.17) is 4.74 Å². The van der Waals surface area contributed by atoms with Gasteiger partial charge in [0.15, 0.2) is 0 Å². The van der Waals surface area contributed by atoms with Gasteiger partial charge < -0.3 is 14.7 Å². The number of benzene rings is 3. The molecule has 1 saturated heterocycles.